The Morgan fingerprint density at radius 3 is 2.65 bits per heavy atom. The molecule has 0 spiro atoms. The Bertz CT molecular complexity index is 1350. The van der Waals surface area contributed by atoms with Gasteiger partial charge in [-0.25, -0.2) is 9.07 Å². The van der Waals surface area contributed by atoms with Crippen molar-refractivity contribution >= 4 is 11.8 Å². The van der Waals surface area contributed by atoms with E-state index in [1.54, 1.807) is 12.1 Å². The van der Waals surface area contributed by atoms with E-state index >= 15 is 0 Å². The summed E-state index contributed by atoms with van der Waals surface area (Å²) in [5.41, 5.74) is 4.57. The number of nitrogens with zero attached hydrogens (tertiary/aromatic N) is 3. The molecule has 3 unspecified atom stereocenters. The van der Waals surface area contributed by atoms with Crippen molar-refractivity contribution in [2.75, 3.05) is 0 Å². The molecule has 1 aromatic heterocycles. The van der Waals surface area contributed by atoms with Gasteiger partial charge < -0.3 is 21.1 Å². The zero-order chi connectivity index (χ0) is 28.6. The molecule has 40 heavy (non-hydrogen) atoms. The lowest BCUT2D eigenvalue weighted by Crippen LogP contribution is -2.46. The predicted molar refractivity (Wildman–Crippen MR) is 137 cm³/mol. The van der Waals surface area contributed by atoms with E-state index < -0.39 is 47.5 Å². The Labute approximate surface area is 228 Å². The quantitative estimate of drug-likeness (QED) is 0.395. The first-order valence-electron chi connectivity index (χ1n) is 13.4. The fourth-order valence-electron chi connectivity index (χ4n) is 5.43. The van der Waals surface area contributed by atoms with Crippen LogP contribution in [0.15, 0.2) is 54.0 Å². The highest BCUT2D eigenvalue weighted by atomic mass is 19.4. The summed E-state index contributed by atoms with van der Waals surface area (Å²) < 4.78 is 56.5. The number of carbonyl (C=O) groups is 2. The number of aliphatic hydroxyl groups is 1. The SMILES string of the molecule is NCc1cccc(-n2nc(C(F)(F)F)cc2C(=O)NC2=CC(C(CCC3CC3)N3C(=O)CCC3O)CC=C2F)c1. The topological polar surface area (TPSA) is 113 Å². The third-order valence-electron chi connectivity index (χ3n) is 7.72. The number of carbonyl (C=O) groups excluding carboxylic acids is 2. The summed E-state index contributed by atoms with van der Waals surface area (Å²) in [6, 6.07) is 6.49. The van der Waals surface area contributed by atoms with Gasteiger partial charge in [-0.2, -0.15) is 18.3 Å². The smallest absolute Gasteiger partial charge is 0.373 e. The van der Waals surface area contributed by atoms with Crippen LogP contribution in [0.1, 0.15) is 66.7 Å². The summed E-state index contributed by atoms with van der Waals surface area (Å²) >= 11 is 0. The number of aromatic nitrogens is 2. The van der Waals surface area contributed by atoms with Gasteiger partial charge in [0.25, 0.3) is 5.91 Å². The Balaban J connectivity index is 1.44. The van der Waals surface area contributed by atoms with E-state index in [0.29, 0.717) is 30.4 Å². The van der Waals surface area contributed by atoms with E-state index in [2.05, 4.69) is 10.4 Å². The Morgan fingerprint density at radius 2 is 2.00 bits per heavy atom. The maximum Gasteiger partial charge on any atom is 0.435 e. The number of hydrogen-bond acceptors (Lipinski definition) is 5. The molecule has 1 aromatic carbocycles. The molecular weight excluding hydrogens is 530 g/mol. The fourth-order valence-corrected chi connectivity index (χ4v) is 5.43. The second-order valence-electron chi connectivity index (χ2n) is 10.6. The van der Waals surface area contributed by atoms with Crippen molar-refractivity contribution in [3.63, 3.8) is 0 Å². The van der Waals surface area contributed by atoms with E-state index in [-0.39, 0.29) is 36.7 Å². The average molecular weight is 562 g/mol. The summed E-state index contributed by atoms with van der Waals surface area (Å²) in [7, 11) is 0. The van der Waals surface area contributed by atoms with Crippen LogP contribution in [0.5, 0.6) is 0 Å². The number of alkyl halides is 3. The van der Waals surface area contributed by atoms with Gasteiger partial charge in [0.2, 0.25) is 5.91 Å². The molecule has 3 aliphatic rings. The molecule has 5 rings (SSSR count). The lowest BCUT2D eigenvalue weighted by molar-refractivity contribution is -0.141. The van der Waals surface area contributed by atoms with Gasteiger partial charge in [-0.15, -0.1) is 0 Å². The number of likely N-dealkylation sites (tertiary alicyclic amines) is 1. The first-order chi connectivity index (χ1) is 19.0. The van der Waals surface area contributed by atoms with E-state index in [1.165, 1.54) is 29.2 Å². The lowest BCUT2D eigenvalue weighted by atomic mass is 9.86. The van der Waals surface area contributed by atoms with Gasteiger partial charge in [0.05, 0.1) is 11.4 Å². The third kappa shape index (κ3) is 5.97. The molecule has 0 bridgehead atoms. The number of amides is 2. The van der Waals surface area contributed by atoms with E-state index in [9.17, 15) is 32.3 Å². The molecule has 1 aliphatic heterocycles. The molecule has 1 saturated carbocycles. The van der Waals surface area contributed by atoms with Crippen LogP contribution in [-0.4, -0.2) is 43.9 Å². The van der Waals surface area contributed by atoms with E-state index in [0.717, 1.165) is 23.9 Å². The fraction of sp³-hybridized carbons (Fsp3) is 0.464. The summed E-state index contributed by atoms with van der Waals surface area (Å²) in [5, 5.41) is 16.5. The van der Waals surface area contributed by atoms with Gasteiger partial charge >= 0.3 is 6.18 Å². The highest BCUT2D eigenvalue weighted by Crippen LogP contribution is 2.39. The Hall–Kier alpha value is -3.51. The van der Waals surface area contributed by atoms with Gasteiger partial charge in [0, 0.05) is 37.4 Å². The highest BCUT2D eigenvalue weighted by molar-refractivity contribution is 5.95. The van der Waals surface area contributed by atoms with Crippen molar-refractivity contribution in [3.05, 3.63) is 71.0 Å². The molecule has 4 N–H and O–H groups in total. The Kier molecular flexibility index (Phi) is 7.83. The number of nitrogens with two attached hydrogens (primary N) is 1. The van der Waals surface area contributed by atoms with Crippen LogP contribution in [-0.2, 0) is 17.5 Å². The number of rotatable bonds is 9. The van der Waals surface area contributed by atoms with Crippen molar-refractivity contribution < 1.29 is 32.3 Å². The molecular formula is C28H31F4N5O3. The van der Waals surface area contributed by atoms with Crippen molar-refractivity contribution in [1.82, 2.24) is 20.0 Å². The molecule has 8 nitrogen and oxygen atoms in total. The van der Waals surface area contributed by atoms with Crippen LogP contribution < -0.4 is 11.1 Å². The minimum Gasteiger partial charge on any atom is -0.373 e. The average Bonchev–Trinajstić information content (AvgIpc) is 3.53. The van der Waals surface area contributed by atoms with Crippen molar-refractivity contribution in [2.45, 2.75) is 69.9 Å². The first kappa shape index (κ1) is 28.0. The van der Waals surface area contributed by atoms with Crippen LogP contribution in [0.25, 0.3) is 5.69 Å². The summed E-state index contributed by atoms with van der Waals surface area (Å²) in [4.78, 5) is 27.4. The zero-order valence-electron chi connectivity index (χ0n) is 21.7. The summed E-state index contributed by atoms with van der Waals surface area (Å²) in [6.07, 6.45) is 1.54. The monoisotopic (exact) mass is 561 g/mol. The van der Waals surface area contributed by atoms with Gasteiger partial charge in [-0.1, -0.05) is 31.1 Å². The zero-order valence-corrected chi connectivity index (χ0v) is 21.7. The lowest BCUT2D eigenvalue weighted by Gasteiger charge is -2.36. The van der Waals surface area contributed by atoms with Crippen molar-refractivity contribution in [1.29, 1.82) is 0 Å². The van der Waals surface area contributed by atoms with Gasteiger partial charge in [0.1, 0.15) is 17.7 Å². The molecule has 0 radical (unpaired) electrons. The predicted octanol–water partition coefficient (Wildman–Crippen LogP) is 4.34. The molecule has 2 fully saturated rings. The van der Waals surface area contributed by atoms with Crippen LogP contribution in [0.4, 0.5) is 17.6 Å². The molecule has 2 heterocycles. The normalized spacial score (nSPS) is 22.2. The molecule has 12 heteroatoms. The van der Waals surface area contributed by atoms with Crippen LogP contribution >= 0.6 is 0 Å². The number of hydrogen-bond donors (Lipinski definition) is 3. The number of halogens is 4. The van der Waals surface area contributed by atoms with E-state index in [4.69, 9.17) is 5.73 Å². The molecule has 2 amide bonds. The number of allylic oxidation sites excluding steroid dienone is 2. The van der Waals surface area contributed by atoms with Gasteiger partial charge in [-0.3, -0.25) is 9.59 Å². The number of benzene rings is 1. The van der Waals surface area contributed by atoms with Gasteiger partial charge in [-0.05, 0) is 49.0 Å². The third-order valence-corrected chi connectivity index (χ3v) is 7.72. The number of aliphatic hydroxyl groups excluding tert-OH is 1. The maximum absolute atomic E-state index is 15.0. The van der Waals surface area contributed by atoms with Crippen molar-refractivity contribution in [2.24, 2.45) is 17.6 Å². The molecule has 3 atom stereocenters. The molecule has 2 aliphatic carbocycles. The van der Waals surface area contributed by atoms with Crippen molar-refractivity contribution in [3.8, 4) is 5.69 Å². The molecule has 1 saturated heterocycles. The summed E-state index contributed by atoms with van der Waals surface area (Å²) in [5.74, 6) is -1.72. The van der Waals surface area contributed by atoms with Gasteiger partial charge in [0.15, 0.2) is 5.69 Å². The van der Waals surface area contributed by atoms with Crippen LogP contribution in [0.2, 0.25) is 0 Å². The second-order valence-corrected chi connectivity index (χ2v) is 10.6. The number of nitrogens with one attached hydrogen (secondary N) is 1. The Morgan fingerprint density at radius 1 is 1.23 bits per heavy atom. The maximum atomic E-state index is 15.0. The first-order valence-corrected chi connectivity index (χ1v) is 13.4. The molecule has 2 aromatic rings. The standard InChI is InChI=1S/C28H31F4N5O3/c29-20-8-7-18(22(9-6-16-4-5-16)36-25(38)10-11-26(36)39)13-21(20)34-27(40)23-14-24(28(30,31)32)35-37(23)19-3-1-2-17(12-19)15-33/h1-3,8,12-14,16,18,22,25,38H,4-7,9-11,15,33H2,(H,34,40). The minimum atomic E-state index is -4.82. The van der Waals surface area contributed by atoms with Crippen LogP contribution in [0, 0.1) is 11.8 Å². The minimum absolute atomic E-state index is 0.128. The highest BCUT2D eigenvalue weighted by Gasteiger charge is 2.40. The second kappa shape index (κ2) is 11.2. The van der Waals surface area contributed by atoms with E-state index in [1.807, 2.05) is 0 Å². The molecule has 214 valence electrons. The summed E-state index contributed by atoms with van der Waals surface area (Å²) in [6.45, 7) is 0.128. The largest absolute Gasteiger partial charge is 0.435 e. The van der Waals surface area contributed by atoms with Crippen LogP contribution in [0.3, 0.4) is 0 Å².